The predicted molar refractivity (Wildman–Crippen MR) is 69.1 cm³/mol. The topological polar surface area (TPSA) is 75.2 Å². The molecule has 0 amide bonds. The van der Waals surface area contributed by atoms with Crippen molar-refractivity contribution in [3.05, 3.63) is 32.6 Å². The number of carbonyl (C=O) groups is 1. The molecule has 0 saturated carbocycles. The lowest BCUT2D eigenvalue weighted by atomic mass is 10.2. The number of Topliss-reactive ketones (excluding diaryl/α,β-unsaturated/α-hetero) is 1. The van der Waals surface area contributed by atoms with E-state index in [0.717, 1.165) is 4.57 Å². The Balaban J connectivity index is 3.02. The molecule has 6 heteroatoms. The van der Waals surface area contributed by atoms with Crippen molar-refractivity contribution in [3.63, 3.8) is 0 Å². The number of H-pyrrole nitrogens is 1. The first-order valence-electron chi connectivity index (χ1n) is 5.88. The van der Waals surface area contributed by atoms with Crippen molar-refractivity contribution >= 4 is 5.78 Å². The van der Waals surface area contributed by atoms with Crippen molar-refractivity contribution < 1.29 is 4.79 Å². The Kier molecular flexibility index (Phi) is 4.61. The number of hydrogen-bond donors (Lipinski definition) is 1. The summed E-state index contributed by atoms with van der Waals surface area (Å²) in [5.74, 6) is -0.345. The summed E-state index contributed by atoms with van der Waals surface area (Å²) in [7, 11) is 1.92. The Hall–Kier alpha value is -1.69. The van der Waals surface area contributed by atoms with E-state index in [4.69, 9.17) is 0 Å². The van der Waals surface area contributed by atoms with E-state index < -0.39 is 11.2 Å². The smallest absolute Gasteiger partial charge is 0.313 e. The van der Waals surface area contributed by atoms with Gasteiger partial charge in [0.15, 0.2) is 5.78 Å². The van der Waals surface area contributed by atoms with E-state index in [-0.39, 0.29) is 17.9 Å². The van der Waals surface area contributed by atoms with Gasteiger partial charge < -0.3 is 9.88 Å². The zero-order chi connectivity index (χ0) is 13.9. The SMILES string of the molecule is CC(=O)c1c[nH]c(=O)n(CCN(C)C(C)C)c1=O. The Morgan fingerprint density at radius 2 is 2.06 bits per heavy atom. The van der Waals surface area contributed by atoms with Gasteiger partial charge in [-0.2, -0.15) is 0 Å². The Bertz CT molecular complexity index is 542. The molecular weight excluding hydrogens is 234 g/mol. The quantitative estimate of drug-likeness (QED) is 0.754. The number of aromatic amines is 1. The van der Waals surface area contributed by atoms with Crippen LogP contribution in [0.3, 0.4) is 0 Å². The minimum Gasteiger partial charge on any atom is -0.313 e. The van der Waals surface area contributed by atoms with E-state index in [1.54, 1.807) is 0 Å². The molecule has 0 aromatic carbocycles. The number of rotatable bonds is 5. The highest BCUT2D eigenvalue weighted by molar-refractivity contribution is 5.93. The fraction of sp³-hybridized carbons (Fsp3) is 0.583. The molecule has 0 aliphatic rings. The van der Waals surface area contributed by atoms with Crippen molar-refractivity contribution in [2.45, 2.75) is 33.4 Å². The van der Waals surface area contributed by atoms with Gasteiger partial charge in [0, 0.05) is 25.3 Å². The highest BCUT2D eigenvalue weighted by atomic mass is 16.2. The van der Waals surface area contributed by atoms with E-state index in [1.807, 2.05) is 25.8 Å². The summed E-state index contributed by atoms with van der Waals surface area (Å²) in [5.41, 5.74) is -0.993. The second kappa shape index (κ2) is 5.77. The van der Waals surface area contributed by atoms with Crippen LogP contribution < -0.4 is 11.2 Å². The van der Waals surface area contributed by atoms with Crippen LogP contribution in [0.2, 0.25) is 0 Å². The molecule has 0 atom stereocenters. The van der Waals surface area contributed by atoms with Gasteiger partial charge in [-0.15, -0.1) is 0 Å². The minimum absolute atomic E-state index is 0.0156. The van der Waals surface area contributed by atoms with E-state index in [1.165, 1.54) is 13.1 Å². The molecule has 0 radical (unpaired) electrons. The molecule has 0 unspecified atom stereocenters. The van der Waals surface area contributed by atoms with Crippen molar-refractivity contribution in [2.24, 2.45) is 0 Å². The number of likely N-dealkylation sites (N-methyl/N-ethyl adjacent to an activating group) is 1. The van der Waals surface area contributed by atoms with Crippen molar-refractivity contribution in [2.75, 3.05) is 13.6 Å². The number of aromatic nitrogens is 2. The maximum atomic E-state index is 11.9. The van der Waals surface area contributed by atoms with Gasteiger partial charge in [-0.25, -0.2) is 4.79 Å². The molecule has 1 rings (SSSR count). The molecule has 1 aromatic heterocycles. The van der Waals surface area contributed by atoms with Crippen LogP contribution in [0.1, 0.15) is 31.1 Å². The lowest BCUT2D eigenvalue weighted by Crippen LogP contribution is -2.41. The zero-order valence-corrected chi connectivity index (χ0v) is 11.2. The average Bonchev–Trinajstić information content (AvgIpc) is 2.27. The molecule has 0 saturated heterocycles. The minimum atomic E-state index is -0.525. The summed E-state index contributed by atoms with van der Waals surface area (Å²) in [6, 6.07) is 0.329. The first-order valence-corrected chi connectivity index (χ1v) is 5.88. The lowest BCUT2D eigenvalue weighted by molar-refractivity contribution is 0.101. The highest BCUT2D eigenvalue weighted by Gasteiger charge is 2.11. The third kappa shape index (κ3) is 3.16. The Labute approximate surface area is 105 Å². The number of hydrogen-bond acceptors (Lipinski definition) is 4. The van der Waals surface area contributed by atoms with Crippen LogP contribution >= 0.6 is 0 Å². The van der Waals surface area contributed by atoms with Crippen LogP contribution in [0.15, 0.2) is 15.8 Å². The standard InChI is InChI=1S/C12H19N3O3/c1-8(2)14(4)5-6-15-11(17)10(9(3)16)7-13-12(15)18/h7-8H,5-6H2,1-4H3,(H,13,18). The molecule has 1 aromatic rings. The van der Waals surface area contributed by atoms with Crippen LogP contribution in [0.4, 0.5) is 0 Å². The molecule has 1 N–H and O–H groups in total. The molecular formula is C12H19N3O3. The van der Waals surface area contributed by atoms with Crippen LogP contribution in [0, 0.1) is 0 Å². The highest BCUT2D eigenvalue weighted by Crippen LogP contribution is 1.93. The third-order valence-electron chi connectivity index (χ3n) is 3.00. The van der Waals surface area contributed by atoms with E-state index >= 15 is 0 Å². The molecule has 6 nitrogen and oxygen atoms in total. The van der Waals surface area contributed by atoms with Gasteiger partial charge in [0.1, 0.15) is 0 Å². The summed E-state index contributed by atoms with van der Waals surface area (Å²) >= 11 is 0. The second-order valence-corrected chi connectivity index (χ2v) is 4.59. The van der Waals surface area contributed by atoms with Gasteiger partial charge in [-0.3, -0.25) is 14.2 Å². The van der Waals surface area contributed by atoms with Crippen LogP contribution in [0.25, 0.3) is 0 Å². The first kappa shape index (κ1) is 14.4. The second-order valence-electron chi connectivity index (χ2n) is 4.59. The normalized spacial score (nSPS) is 11.2. The average molecular weight is 253 g/mol. The number of ketones is 1. The molecule has 1 heterocycles. The molecule has 18 heavy (non-hydrogen) atoms. The molecule has 0 aliphatic carbocycles. The van der Waals surface area contributed by atoms with Crippen molar-refractivity contribution in [1.29, 1.82) is 0 Å². The van der Waals surface area contributed by atoms with Gasteiger partial charge in [-0.05, 0) is 27.8 Å². The molecule has 0 fully saturated rings. The lowest BCUT2D eigenvalue weighted by Gasteiger charge is -2.20. The summed E-state index contributed by atoms with van der Waals surface area (Å²) < 4.78 is 1.07. The fourth-order valence-electron chi connectivity index (χ4n) is 1.48. The summed E-state index contributed by atoms with van der Waals surface area (Å²) in [6.07, 6.45) is 1.18. The summed E-state index contributed by atoms with van der Waals surface area (Å²) in [5, 5.41) is 0. The molecule has 0 bridgehead atoms. The van der Waals surface area contributed by atoms with Gasteiger partial charge in [-0.1, -0.05) is 0 Å². The monoisotopic (exact) mass is 253 g/mol. The summed E-state index contributed by atoms with van der Waals surface area (Å²) in [4.78, 5) is 39.2. The van der Waals surface area contributed by atoms with E-state index in [0.29, 0.717) is 12.6 Å². The summed E-state index contributed by atoms with van der Waals surface area (Å²) in [6.45, 7) is 6.20. The van der Waals surface area contributed by atoms with Gasteiger partial charge in [0.2, 0.25) is 0 Å². The van der Waals surface area contributed by atoms with E-state index in [2.05, 4.69) is 4.98 Å². The molecule has 0 aliphatic heterocycles. The Morgan fingerprint density at radius 1 is 1.44 bits per heavy atom. The number of nitrogens with one attached hydrogen (secondary N) is 1. The molecule has 100 valence electrons. The first-order chi connectivity index (χ1) is 8.34. The zero-order valence-electron chi connectivity index (χ0n) is 11.2. The van der Waals surface area contributed by atoms with Gasteiger partial charge in [0.25, 0.3) is 5.56 Å². The maximum Gasteiger partial charge on any atom is 0.328 e. The fourth-order valence-corrected chi connectivity index (χ4v) is 1.48. The largest absolute Gasteiger partial charge is 0.328 e. The number of carbonyl (C=O) groups excluding carboxylic acids is 1. The van der Waals surface area contributed by atoms with Crippen LogP contribution in [-0.4, -0.2) is 39.9 Å². The van der Waals surface area contributed by atoms with Gasteiger partial charge in [0.05, 0.1) is 5.56 Å². The van der Waals surface area contributed by atoms with Crippen molar-refractivity contribution in [3.8, 4) is 0 Å². The van der Waals surface area contributed by atoms with E-state index in [9.17, 15) is 14.4 Å². The Morgan fingerprint density at radius 3 is 2.56 bits per heavy atom. The molecule has 0 spiro atoms. The van der Waals surface area contributed by atoms with Crippen LogP contribution in [0.5, 0.6) is 0 Å². The van der Waals surface area contributed by atoms with Crippen LogP contribution in [-0.2, 0) is 6.54 Å². The third-order valence-corrected chi connectivity index (χ3v) is 3.00. The van der Waals surface area contributed by atoms with Gasteiger partial charge >= 0.3 is 5.69 Å². The maximum absolute atomic E-state index is 11.9. The predicted octanol–water partition coefficient (Wildman–Crippen LogP) is 0.0794. The number of nitrogens with zero attached hydrogens (tertiary/aromatic N) is 2. The van der Waals surface area contributed by atoms with Crippen molar-refractivity contribution in [1.82, 2.24) is 14.5 Å².